The highest BCUT2D eigenvalue weighted by Crippen LogP contribution is 2.49. The maximum Gasteiger partial charge on any atom is 0.165 e. The van der Waals surface area contributed by atoms with E-state index in [-0.39, 0.29) is 0 Å². The molecule has 53 heavy (non-hydrogen) atoms. The second-order valence-corrected chi connectivity index (χ2v) is 14.6. The number of hydrogen-bond donors (Lipinski definition) is 0. The average molecular weight is 677 g/mol. The molecule has 0 fully saturated rings. The van der Waals surface area contributed by atoms with Crippen molar-refractivity contribution in [3.63, 3.8) is 0 Å². The third-order valence-corrected chi connectivity index (χ3v) is 11.5. The molecule has 0 amide bonds. The van der Waals surface area contributed by atoms with Crippen LogP contribution in [0.5, 0.6) is 0 Å². The molecule has 0 saturated carbocycles. The summed E-state index contributed by atoms with van der Waals surface area (Å²) in [5.41, 5.74) is 9.65. The van der Waals surface area contributed by atoms with Gasteiger partial charge < -0.3 is 4.57 Å². The number of fused-ring (bicyclic) bond motifs is 6. The van der Waals surface area contributed by atoms with E-state index in [9.17, 15) is 0 Å². The van der Waals surface area contributed by atoms with E-state index in [2.05, 4.69) is 168 Å². The highest BCUT2D eigenvalue weighted by molar-refractivity contribution is 6.41. The van der Waals surface area contributed by atoms with Crippen LogP contribution in [0.4, 0.5) is 0 Å². The van der Waals surface area contributed by atoms with Crippen LogP contribution in [0.3, 0.4) is 0 Å². The van der Waals surface area contributed by atoms with Crippen LogP contribution in [0.1, 0.15) is 19.0 Å². The summed E-state index contributed by atoms with van der Waals surface area (Å²) in [5, 5.41) is 12.5. The summed E-state index contributed by atoms with van der Waals surface area (Å²) >= 11 is 0. The summed E-state index contributed by atoms with van der Waals surface area (Å²) in [4.78, 5) is 10.8. The van der Waals surface area contributed by atoms with Gasteiger partial charge in [-0.3, -0.25) is 4.57 Å². The highest BCUT2D eigenvalue weighted by atomic mass is 15.1. The van der Waals surface area contributed by atoms with Crippen LogP contribution in [0, 0.1) is 5.92 Å². The van der Waals surface area contributed by atoms with E-state index in [1.165, 1.54) is 64.9 Å². The maximum absolute atomic E-state index is 5.48. The first-order valence-electron chi connectivity index (χ1n) is 18.5. The van der Waals surface area contributed by atoms with Gasteiger partial charge in [0.05, 0.1) is 33.1 Å². The fourth-order valence-electron chi connectivity index (χ4n) is 9.22. The van der Waals surface area contributed by atoms with Crippen molar-refractivity contribution in [1.29, 1.82) is 0 Å². The van der Waals surface area contributed by atoms with E-state index >= 15 is 0 Å². The smallest absolute Gasteiger partial charge is 0.165 e. The quantitative estimate of drug-likeness (QED) is 0.187. The number of rotatable bonds is 3. The van der Waals surface area contributed by atoms with Crippen LogP contribution < -0.4 is 0 Å². The Hall–Kier alpha value is -6.78. The van der Waals surface area contributed by atoms with E-state index in [1.54, 1.807) is 0 Å². The summed E-state index contributed by atoms with van der Waals surface area (Å²) in [7, 11) is 0. The summed E-state index contributed by atoms with van der Waals surface area (Å²) in [6, 6.07) is 50.8. The molecule has 12 rings (SSSR count). The van der Waals surface area contributed by atoms with Gasteiger partial charge in [0, 0.05) is 32.6 Å². The molecule has 0 aliphatic heterocycles. The Labute approximate surface area is 304 Å². The Bertz CT molecular complexity index is 3380. The molecule has 248 valence electrons. The van der Waals surface area contributed by atoms with Gasteiger partial charge in [0.2, 0.25) is 0 Å². The summed E-state index contributed by atoms with van der Waals surface area (Å²) in [5.74, 6) is 1.35. The lowest BCUT2D eigenvalue weighted by Gasteiger charge is -2.17. The summed E-state index contributed by atoms with van der Waals surface area (Å²) < 4.78 is 4.89. The number of allylic oxidation sites excluding steroid dienone is 4. The first-order chi connectivity index (χ1) is 26.2. The Morgan fingerprint density at radius 2 is 1.17 bits per heavy atom. The van der Waals surface area contributed by atoms with Crippen LogP contribution in [-0.2, 0) is 0 Å². The van der Waals surface area contributed by atoms with Crippen LogP contribution in [0.25, 0.3) is 104 Å². The molecule has 0 saturated heterocycles. The molecule has 1 atom stereocenters. The first kappa shape index (κ1) is 28.9. The predicted octanol–water partition coefficient (Wildman–Crippen LogP) is 12.7. The van der Waals surface area contributed by atoms with Crippen molar-refractivity contribution in [3.05, 3.63) is 163 Å². The van der Waals surface area contributed by atoms with Crippen molar-refractivity contribution in [2.75, 3.05) is 0 Å². The number of benzene rings is 7. The molecule has 0 N–H and O–H groups in total. The zero-order valence-electron chi connectivity index (χ0n) is 29.1. The number of hydrogen-bond acceptors (Lipinski definition) is 2. The second kappa shape index (κ2) is 10.6. The van der Waals surface area contributed by atoms with E-state index < -0.39 is 0 Å². The van der Waals surface area contributed by atoms with Crippen molar-refractivity contribution in [3.8, 4) is 11.5 Å². The Kier molecular flexibility index (Phi) is 5.79. The average Bonchev–Trinajstić information content (AvgIpc) is 3.74. The minimum absolute atomic E-state index is 0.494. The minimum Gasteiger partial charge on any atom is -0.309 e. The molecule has 3 heterocycles. The lowest BCUT2D eigenvalue weighted by molar-refractivity contribution is 0.738. The first-order valence-corrected chi connectivity index (χ1v) is 18.5. The lowest BCUT2D eigenvalue weighted by Crippen LogP contribution is -2.07. The molecule has 4 heteroatoms. The fraction of sp³-hybridized carbons (Fsp3) is 0.0612. The maximum atomic E-state index is 5.48. The molecule has 0 radical (unpaired) electrons. The van der Waals surface area contributed by atoms with Gasteiger partial charge in [0.1, 0.15) is 5.69 Å². The molecule has 11 aromatic rings. The fourth-order valence-corrected chi connectivity index (χ4v) is 9.22. The summed E-state index contributed by atoms with van der Waals surface area (Å²) in [6.07, 6.45) is 7.85. The highest BCUT2D eigenvalue weighted by Gasteiger charge is 2.27. The van der Waals surface area contributed by atoms with E-state index in [0.717, 1.165) is 51.3 Å². The molecule has 8 aromatic carbocycles. The van der Waals surface area contributed by atoms with Crippen LogP contribution in [0.15, 0.2) is 158 Å². The van der Waals surface area contributed by atoms with Crippen molar-refractivity contribution in [1.82, 2.24) is 19.1 Å². The number of aromatic nitrogens is 4. The van der Waals surface area contributed by atoms with E-state index in [1.807, 2.05) is 6.07 Å². The zero-order chi connectivity index (χ0) is 34.8. The van der Waals surface area contributed by atoms with Crippen molar-refractivity contribution in [2.24, 2.45) is 5.92 Å². The van der Waals surface area contributed by atoms with Crippen LogP contribution in [0.2, 0.25) is 0 Å². The van der Waals surface area contributed by atoms with Gasteiger partial charge in [0.25, 0.3) is 0 Å². The topological polar surface area (TPSA) is 35.6 Å². The minimum atomic E-state index is 0.494. The molecule has 1 aliphatic rings. The van der Waals surface area contributed by atoms with Gasteiger partial charge in [-0.15, -0.1) is 0 Å². The van der Waals surface area contributed by atoms with Gasteiger partial charge in [-0.1, -0.05) is 116 Å². The standard InChI is InChI=1S/C49H32N4/c1-29-22-24-30(25-23-29)47-49(51-39-20-10-9-19-38(39)50-47)53-40-21-11-18-36-34-16-7-8-17-35(34)37-28-31-12-5-6-15-33(31)48-44(37)46-41(26-27-42(53)45(46)43(36)40)52(48)32-13-3-2-4-14-32/h2-22,24-29H,23H2,1H3. The van der Waals surface area contributed by atoms with Crippen LogP contribution >= 0.6 is 0 Å². The van der Waals surface area contributed by atoms with Gasteiger partial charge in [-0.05, 0) is 93.4 Å². The Balaban J connectivity index is 1.37. The summed E-state index contributed by atoms with van der Waals surface area (Å²) in [6.45, 7) is 2.26. The molecular weight excluding hydrogens is 645 g/mol. The largest absolute Gasteiger partial charge is 0.309 e. The monoisotopic (exact) mass is 676 g/mol. The third-order valence-electron chi connectivity index (χ3n) is 11.5. The normalized spacial score (nSPS) is 15.0. The van der Waals surface area contributed by atoms with Crippen molar-refractivity contribution < 1.29 is 0 Å². The molecule has 0 bridgehead atoms. The van der Waals surface area contributed by atoms with Gasteiger partial charge in [-0.25, -0.2) is 9.97 Å². The molecule has 1 unspecified atom stereocenters. The third kappa shape index (κ3) is 3.90. The predicted molar refractivity (Wildman–Crippen MR) is 223 cm³/mol. The lowest BCUT2D eigenvalue weighted by atomic mass is 9.93. The molecule has 0 spiro atoms. The molecule has 4 nitrogen and oxygen atoms in total. The Morgan fingerprint density at radius 3 is 1.96 bits per heavy atom. The molecule has 3 aromatic heterocycles. The number of nitrogens with zero attached hydrogens (tertiary/aromatic N) is 4. The molecular formula is C49H32N4. The van der Waals surface area contributed by atoms with E-state index in [4.69, 9.17) is 9.97 Å². The number of para-hydroxylation sites is 3. The Morgan fingerprint density at radius 1 is 0.528 bits per heavy atom. The van der Waals surface area contributed by atoms with Gasteiger partial charge >= 0.3 is 0 Å². The van der Waals surface area contributed by atoms with Gasteiger partial charge in [0.15, 0.2) is 5.82 Å². The van der Waals surface area contributed by atoms with Crippen LogP contribution in [-0.4, -0.2) is 19.1 Å². The molecule has 1 aliphatic carbocycles. The van der Waals surface area contributed by atoms with Crippen molar-refractivity contribution >= 4 is 92.5 Å². The SMILES string of the molecule is CC1C=CC(c2nc3ccccc3nc2-n2c3cccc4c5ccccc5c5cc6ccccc6c6c5c5c(c43)c2ccc5n6-c2ccccc2)=CC1. The van der Waals surface area contributed by atoms with Gasteiger partial charge in [-0.2, -0.15) is 0 Å². The van der Waals surface area contributed by atoms with E-state index in [0.29, 0.717) is 5.92 Å². The van der Waals surface area contributed by atoms with Crippen molar-refractivity contribution in [2.45, 2.75) is 13.3 Å². The zero-order valence-corrected chi connectivity index (χ0v) is 29.1. The second-order valence-electron chi connectivity index (χ2n) is 14.6.